The smallest absolute Gasteiger partial charge is 0.251 e. The molecule has 1 aromatic heterocycles. The van der Waals surface area contributed by atoms with E-state index in [9.17, 15) is 13.6 Å². The Balaban J connectivity index is 2.55. The number of aromatic nitrogens is 2. The molecule has 0 fully saturated rings. The fraction of sp³-hybridized carbons (Fsp3) is 0. The van der Waals surface area contributed by atoms with Crippen LogP contribution in [-0.4, -0.2) is 9.97 Å². The summed E-state index contributed by atoms with van der Waals surface area (Å²) in [5.41, 5.74) is -0.0173. The van der Waals surface area contributed by atoms with Crippen LogP contribution in [0.15, 0.2) is 35.3 Å². The van der Waals surface area contributed by atoms with Crippen LogP contribution in [0.3, 0.4) is 0 Å². The molecule has 0 aliphatic heterocycles. The molecule has 1 aromatic carbocycles. The maximum Gasteiger partial charge on any atom is 0.251 e. The molecule has 0 saturated carbocycles. The van der Waals surface area contributed by atoms with Crippen LogP contribution in [0.1, 0.15) is 0 Å². The number of nitrogens with one attached hydrogen (secondary N) is 1. The number of rotatable bonds is 1. The van der Waals surface area contributed by atoms with Gasteiger partial charge >= 0.3 is 0 Å². The third kappa shape index (κ3) is 1.90. The van der Waals surface area contributed by atoms with Crippen molar-refractivity contribution in [2.75, 3.05) is 0 Å². The maximum absolute atomic E-state index is 12.9. The highest BCUT2D eigenvalue weighted by Crippen LogP contribution is 2.16. The minimum Gasteiger partial charge on any atom is -0.307 e. The molecule has 0 radical (unpaired) electrons. The number of nitrogens with zero attached hydrogens (tertiary/aromatic N) is 1. The summed E-state index contributed by atoms with van der Waals surface area (Å²) in [6, 6.07) is 4.55. The van der Waals surface area contributed by atoms with Crippen molar-refractivity contribution in [3.05, 3.63) is 52.5 Å². The van der Waals surface area contributed by atoms with Crippen molar-refractivity contribution in [3.63, 3.8) is 0 Å². The molecular weight excluding hydrogens is 202 g/mol. The SMILES string of the molecule is O=c1ccnc(-c2ccc(F)c(F)c2)[nH]1. The largest absolute Gasteiger partial charge is 0.307 e. The molecule has 0 saturated heterocycles. The first kappa shape index (κ1) is 9.51. The van der Waals surface area contributed by atoms with Gasteiger partial charge in [-0.15, -0.1) is 0 Å². The Bertz CT molecular complexity index is 551. The molecule has 2 aromatic rings. The summed E-state index contributed by atoms with van der Waals surface area (Å²) in [7, 11) is 0. The summed E-state index contributed by atoms with van der Waals surface area (Å²) in [5.74, 6) is -1.70. The Morgan fingerprint density at radius 2 is 1.93 bits per heavy atom. The zero-order valence-corrected chi connectivity index (χ0v) is 7.50. The minimum atomic E-state index is -0.973. The van der Waals surface area contributed by atoms with Crippen molar-refractivity contribution in [1.82, 2.24) is 9.97 Å². The van der Waals surface area contributed by atoms with E-state index in [1.807, 2.05) is 0 Å². The minimum absolute atomic E-state index is 0.210. The molecule has 0 unspecified atom stereocenters. The second-order valence-corrected chi connectivity index (χ2v) is 2.91. The molecule has 3 nitrogen and oxygen atoms in total. The van der Waals surface area contributed by atoms with Crippen LogP contribution in [0.2, 0.25) is 0 Å². The van der Waals surface area contributed by atoms with E-state index in [4.69, 9.17) is 0 Å². The van der Waals surface area contributed by atoms with Crippen LogP contribution in [-0.2, 0) is 0 Å². The van der Waals surface area contributed by atoms with Gasteiger partial charge < -0.3 is 4.98 Å². The predicted molar refractivity (Wildman–Crippen MR) is 50.2 cm³/mol. The van der Waals surface area contributed by atoms with Gasteiger partial charge in [0, 0.05) is 17.8 Å². The summed E-state index contributed by atoms with van der Waals surface area (Å²) < 4.78 is 25.5. The first-order valence-corrected chi connectivity index (χ1v) is 4.17. The van der Waals surface area contributed by atoms with Gasteiger partial charge in [0.25, 0.3) is 5.56 Å². The van der Waals surface area contributed by atoms with Crippen molar-refractivity contribution in [2.24, 2.45) is 0 Å². The fourth-order valence-electron chi connectivity index (χ4n) is 1.16. The Morgan fingerprint density at radius 3 is 2.60 bits per heavy atom. The van der Waals surface area contributed by atoms with E-state index in [1.165, 1.54) is 18.3 Å². The number of hydrogen-bond acceptors (Lipinski definition) is 2. The molecule has 0 amide bonds. The van der Waals surface area contributed by atoms with Crippen molar-refractivity contribution in [2.45, 2.75) is 0 Å². The van der Waals surface area contributed by atoms with E-state index in [-0.39, 0.29) is 11.4 Å². The standard InChI is InChI=1S/C10H6F2N2O/c11-7-2-1-6(5-8(7)12)10-13-4-3-9(15)14-10/h1-5H,(H,13,14,15). The topological polar surface area (TPSA) is 45.8 Å². The molecule has 76 valence electrons. The van der Waals surface area contributed by atoms with E-state index in [0.29, 0.717) is 5.56 Å². The summed E-state index contributed by atoms with van der Waals surface area (Å²) in [6.07, 6.45) is 1.30. The van der Waals surface area contributed by atoms with Crippen molar-refractivity contribution >= 4 is 0 Å². The molecule has 0 bridgehead atoms. The van der Waals surface area contributed by atoms with Crippen LogP contribution < -0.4 is 5.56 Å². The highest BCUT2D eigenvalue weighted by Gasteiger charge is 2.05. The van der Waals surface area contributed by atoms with Gasteiger partial charge in [0.15, 0.2) is 11.6 Å². The van der Waals surface area contributed by atoms with Gasteiger partial charge in [-0.25, -0.2) is 13.8 Å². The summed E-state index contributed by atoms with van der Waals surface area (Å²) in [6.45, 7) is 0. The van der Waals surface area contributed by atoms with Gasteiger partial charge in [0.05, 0.1) is 0 Å². The van der Waals surface area contributed by atoms with Crippen molar-refractivity contribution < 1.29 is 8.78 Å². The Labute approximate surface area is 83.4 Å². The number of hydrogen-bond donors (Lipinski definition) is 1. The number of aromatic amines is 1. The van der Waals surface area contributed by atoms with Gasteiger partial charge in [-0.1, -0.05) is 0 Å². The second-order valence-electron chi connectivity index (χ2n) is 2.91. The molecular formula is C10H6F2N2O. The average Bonchev–Trinajstić information content (AvgIpc) is 2.22. The maximum atomic E-state index is 12.9. The van der Waals surface area contributed by atoms with E-state index >= 15 is 0 Å². The average molecular weight is 208 g/mol. The van der Waals surface area contributed by atoms with Crippen LogP contribution in [0.5, 0.6) is 0 Å². The van der Waals surface area contributed by atoms with Crippen molar-refractivity contribution in [3.8, 4) is 11.4 Å². The Hall–Kier alpha value is -2.04. The molecule has 15 heavy (non-hydrogen) atoms. The summed E-state index contributed by atoms with van der Waals surface area (Å²) in [5, 5.41) is 0. The van der Waals surface area contributed by atoms with E-state index in [1.54, 1.807) is 0 Å². The zero-order chi connectivity index (χ0) is 10.8. The summed E-state index contributed by atoms with van der Waals surface area (Å²) >= 11 is 0. The van der Waals surface area contributed by atoms with Crippen molar-refractivity contribution in [1.29, 1.82) is 0 Å². The van der Waals surface area contributed by atoms with Gasteiger partial charge in [-0.2, -0.15) is 0 Å². The molecule has 1 N–H and O–H groups in total. The molecule has 5 heteroatoms. The lowest BCUT2D eigenvalue weighted by Crippen LogP contribution is -2.05. The lowest BCUT2D eigenvalue weighted by atomic mass is 10.2. The zero-order valence-electron chi connectivity index (χ0n) is 7.50. The van der Waals surface area contributed by atoms with Crippen LogP contribution in [0.25, 0.3) is 11.4 Å². The predicted octanol–water partition coefficient (Wildman–Crippen LogP) is 1.72. The third-order valence-electron chi connectivity index (χ3n) is 1.86. The van der Waals surface area contributed by atoms with E-state index in [0.717, 1.165) is 12.1 Å². The monoisotopic (exact) mass is 208 g/mol. The van der Waals surface area contributed by atoms with Gasteiger partial charge in [0.1, 0.15) is 5.82 Å². The van der Waals surface area contributed by atoms with Crippen LogP contribution >= 0.6 is 0 Å². The molecule has 0 aliphatic rings. The van der Waals surface area contributed by atoms with Crippen LogP contribution in [0, 0.1) is 11.6 Å². The van der Waals surface area contributed by atoms with Gasteiger partial charge in [0.2, 0.25) is 0 Å². The molecule has 2 rings (SSSR count). The normalized spacial score (nSPS) is 10.3. The van der Waals surface area contributed by atoms with E-state index < -0.39 is 11.6 Å². The molecule has 0 atom stereocenters. The van der Waals surface area contributed by atoms with Crippen LogP contribution in [0.4, 0.5) is 8.78 Å². The Morgan fingerprint density at radius 1 is 1.13 bits per heavy atom. The fourth-order valence-corrected chi connectivity index (χ4v) is 1.16. The Kier molecular flexibility index (Phi) is 2.29. The van der Waals surface area contributed by atoms with E-state index in [2.05, 4.69) is 9.97 Å². The van der Waals surface area contributed by atoms with Gasteiger partial charge in [-0.05, 0) is 18.2 Å². The first-order valence-electron chi connectivity index (χ1n) is 4.17. The third-order valence-corrected chi connectivity index (χ3v) is 1.86. The number of H-pyrrole nitrogens is 1. The number of halogens is 2. The lowest BCUT2D eigenvalue weighted by Gasteiger charge is -2.00. The molecule has 0 spiro atoms. The number of benzene rings is 1. The lowest BCUT2D eigenvalue weighted by molar-refractivity contribution is 0.509. The highest BCUT2D eigenvalue weighted by atomic mass is 19.2. The quantitative estimate of drug-likeness (QED) is 0.775. The molecule has 1 heterocycles. The van der Waals surface area contributed by atoms with Gasteiger partial charge in [-0.3, -0.25) is 4.79 Å². The first-order chi connectivity index (χ1) is 7.16. The highest BCUT2D eigenvalue weighted by molar-refractivity contribution is 5.54. The molecule has 0 aliphatic carbocycles. The summed E-state index contributed by atoms with van der Waals surface area (Å²) in [4.78, 5) is 17.2. The second kappa shape index (κ2) is 3.61.